The van der Waals surface area contributed by atoms with Crippen LogP contribution in [0.15, 0.2) is 46.0 Å². The van der Waals surface area contributed by atoms with Gasteiger partial charge in [-0.2, -0.15) is 26.3 Å². The van der Waals surface area contributed by atoms with Gasteiger partial charge < -0.3 is 10.2 Å². The van der Waals surface area contributed by atoms with Crippen LogP contribution in [0.25, 0.3) is 0 Å². The van der Waals surface area contributed by atoms with Gasteiger partial charge in [0.15, 0.2) is 0 Å². The zero-order valence-corrected chi connectivity index (χ0v) is 19.9. The molecule has 0 fully saturated rings. The second-order valence-corrected chi connectivity index (χ2v) is 9.01. The lowest BCUT2D eigenvalue weighted by molar-refractivity contribution is -0.276. The van der Waals surface area contributed by atoms with Crippen LogP contribution in [-0.4, -0.2) is 17.8 Å². The van der Waals surface area contributed by atoms with Crippen molar-refractivity contribution in [1.29, 1.82) is 0 Å². The van der Waals surface area contributed by atoms with Crippen LogP contribution in [-0.2, 0) is 28.0 Å². The Morgan fingerprint density at radius 2 is 1.88 bits per heavy atom. The number of carbonyl (C=O) groups excluding carboxylic acids is 1. The number of amides is 1. The van der Waals surface area contributed by atoms with Crippen LogP contribution < -0.4 is 5.32 Å². The third-order valence-corrected chi connectivity index (χ3v) is 6.03. The second-order valence-electron chi connectivity index (χ2n) is 7.69. The summed E-state index contributed by atoms with van der Waals surface area (Å²) in [5.74, 6) is -0.168. The minimum absolute atomic E-state index is 0.130. The molecule has 184 valence electrons. The summed E-state index contributed by atoms with van der Waals surface area (Å²) < 4.78 is 82.0. The molecule has 0 aromatic heterocycles. The summed E-state index contributed by atoms with van der Waals surface area (Å²) in [6.07, 6.45) is -9.78. The molecular weight excluding hydrogens is 554 g/mol. The summed E-state index contributed by atoms with van der Waals surface area (Å²) in [5.41, 5.74) is -4.47. The molecule has 1 aliphatic rings. The normalized spacial score (nSPS) is 18.4. The van der Waals surface area contributed by atoms with Gasteiger partial charge >= 0.3 is 12.4 Å². The van der Waals surface area contributed by atoms with Gasteiger partial charge in [-0.3, -0.25) is 4.79 Å². The van der Waals surface area contributed by atoms with E-state index in [1.807, 2.05) is 6.92 Å². The van der Waals surface area contributed by atoms with E-state index in [1.165, 1.54) is 18.2 Å². The van der Waals surface area contributed by atoms with E-state index in [4.69, 9.17) is 16.4 Å². The molecule has 4 nitrogen and oxygen atoms in total. The van der Waals surface area contributed by atoms with Crippen molar-refractivity contribution in [1.82, 2.24) is 5.32 Å². The summed E-state index contributed by atoms with van der Waals surface area (Å²) >= 11 is 9.09. The quantitative estimate of drug-likeness (QED) is 0.376. The van der Waals surface area contributed by atoms with Crippen molar-refractivity contribution in [2.75, 3.05) is 0 Å². The Labute approximate surface area is 204 Å². The Morgan fingerprint density at radius 1 is 1.18 bits per heavy atom. The highest BCUT2D eigenvalue weighted by Crippen LogP contribution is 2.50. The Balaban J connectivity index is 1.90. The molecule has 0 unspecified atom stereocenters. The number of hydrogen-bond acceptors (Lipinski definition) is 3. The number of halogens is 8. The molecule has 2 aromatic carbocycles. The molecule has 3 rings (SSSR count). The van der Waals surface area contributed by atoms with Gasteiger partial charge in [0.25, 0.3) is 5.60 Å². The topological polar surface area (TPSA) is 50.7 Å². The number of rotatable bonds is 6. The van der Waals surface area contributed by atoms with E-state index in [9.17, 15) is 31.1 Å². The minimum atomic E-state index is -5.07. The third-order valence-electron chi connectivity index (χ3n) is 5.22. The van der Waals surface area contributed by atoms with Gasteiger partial charge in [-0.1, -0.05) is 51.7 Å². The van der Waals surface area contributed by atoms with Gasteiger partial charge in [-0.25, -0.2) is 0 Å². The van der Waals surface area contributed by atoms with Crippen LogP contribution in [0.3, 0.4) is 0 Å². The first-order valence-corrected chi connectivity index (χ1v) is 11.2. The molecule has 1 aliphatic heterocycles. The van der Waals surface area contributed by atoms with E-state index in [0.29, 0.717) is 30.5 Å². The highest BCUT2D eigenvalue weighted by atomic mass is 79.9. The zero-order valence-electron chi connectivity index (χ0n) is 17.6. The summed E-state index contributed by atoms with van der Waals surface area (Å²) in [4.78, 5) is 16.5. The van der Waals surface area contributed by atoms with Gasteiger partial charge in [-0.05, 0) is 36.2 Å². The number of oxime groups is 1. The van der Waals surface area contributed by atoms with Crippen molar-refractivity contribution in [3.05, 3.63) is 68.1 Å². The molecule has 0 saturated heterocycles. The lowest BCUT2D eigenvalue weighted by Gasteiger charge is -2.30. The number of carbonyl (C=O) groups is 1. The predicted octanol–water partition coefficient (Wildman–Crippen LogP) is 7.12. The second kappa shape index (κ2) is 9.77. The number of nitrogens with one attached hydrogen (secondary N) is 1. The van der Waals surface area contributed by atoms with E-state index in [0.717, 1.165) is 6.07 Å². The highest BCUT2D eigenvalue weighted by molar-refractivity contribution is 9.10. The first-order valence-electron chi connectivity index (χ1n) is 10.0. The summed E-state index contributed by atoms with van der Waals surface area (Å²) in [6.45, 7) is 1.98. The Hall–Kier alpha value is -2.27. The molecular formula is C22H18BrClF6N2O2. The van der Waals surface area contributed by atoms with Crippen molar-refractivity contribution in [3.63, 3.8) is 0 Å². The van der Waals surface area contributed by atoms with Crippen molar-refractivity contribution in [3.8, 4) is 0 Å². The van der Waals surface area contributed by atoms with Crippen LogP contribution in [0.4, 0.5) is 26.3 Å². The molecule has 1 amide bonds. The molecule has 0 bridgehead atoms. The van der Waals surface area contributed by atoms with Crippen molar-refractivity contribution in [2.45, 2.75) is 50.7 Å². The Kier molecular flexibility index (Phi) is 7.57. The first-order chi connectivity index (χ1) is 15.8. The van der Waals surface area contributed by atoms with E-state index in [2.05, 4.69) is 26.4 Å². The molecule has 34 heavy (non-hydrogen) atoms. The molecule has 2 aromatic rings. The Morgan fingerprint density at radius 3 is 2.47 bits per heavy atom. The third kappa shape index (κ3) is 5.51. The minimum Gasteiger partial charge on any atom is -0.374 e. The van der Waals surface area contributed by atoms with E-state index < -0.39 is 35.5 Å². The van der Waals surface area contributed by atoms with Crippen LogP contribution in [0.2, 0.25) is 5.02 Å². The van der Waals surface area contributed by atoms with E-state index >= 15 is 0 Å². The molecule has 12 heteroatoms. The fourth-order valence-electron chi connectivity index (χ4n) is 3.42. The molecule has 1 atom stereocenters. The Bertz CT molecular complexity index is 1120. The van der Waals surface area contributed by atoms with E-state index in [1.54, 1.807) is 0 Å². The largest absolute Gasteiger partial charge is 0.435 e. The van der Waals surface area contributed by atoms with Gasteiger partial charge in [0.1, 0.15) is 0 Å². The number of benzene rings is 2. The lowest BCUT2D eigenvalue weighted by Crippen LogP contribution is -2.43. The lowest BCUT2D eigenvalue weighted by atomic mass is 9.85. The summed E-state index contributed by atoms with van der Waals surface area (Å²) in [7, 11) is 0. The summed E-state index contributed by atoms with van der Waals surface area (Å²) in [6, 6.07) is 6.38. The fraction of sp³-hybridized carbons (Fsp3) is 0.364. The average molecular weight is 572 g/mol. The highest BCUT2D eigenvalue weighted by Gasteiger charge is 2.62. The molecule has 1 N–H and O–H groups in total. The van der Waals surface area contributed by atoms with Crippen LogP contribution in [0, 0.1) is 0 Å². The maximum Gasteiger partial charge on any atom is 0.435 e. The predicted molar refractivity (Wildman–Crippen MR) is 117 cm³/mol. The molecule has 0 aliphatic carbocycles. The first kappa shape index (κ1) is 26.3. The van der Waals surface area contributed by atoms with Gasteiger partial charge in [-0.15, -0.1) is 0 Å². The van der Waals surface area contributed by atoms with Gasteiger partial charge in [0.05, 0.1) is 11.3 Å². The fourth-order valence-corrected chi connectivity index (χ4v) is 4.17. The van der Waals surface area contributed by atoms with Crippen LogP contribution >= 0.6 is 27.5 Å². The van der Waals surface area contributed by atoms with Gasteiger partial charge in [0, 0.05) is 40.0 Å². The number of nitrogens with zero attached hydrogens (tertiary/aromatic N) is 1. The van der Waals surface area contributed by atoms with Crippen LogP contribution in [0.5, 0.6) is 0 Å². The van der Waals surface area contributed by atoms with Crippen molar-refractivity contribution >= 4 is 39.1 Å². The van der Waals surface area contributed by atoms with Crippen LogP contribution in [0.1, 0.15) is 48.4 Å². The molecule has 0 radical (unpaired) electrons. The number of alkyl halides is 6. The number of hydrogen-bond donors (Lipinski definition) is 1. The van der Waals surface area contributed by atoms with Gasteiger partial charge in [0.2, 0.25) is 5.91 Å². The average Bonchev–Trinajstić information content (AvgIpc) is 3.19. The monoisotopic (exact) mass is 570 g/mol. The van der Waals surface area contributed by atoms with E-state index in [-0.39, 0.29) is 33.2 Å². The summed E-state index contributed by atoms with van der Waals surface area (Å²) in [5, 5.41) is 6.43. The standard InChI is InChI=1S/C22H18BrClF6N2O2/c1-2-3-19(33)31-11-13-5-4-12(6-17(13)24)18-10-20(34-32-18,22(28,29)30)14-7-15(21(25,26)27)9-16(23)8-14/h4-9H,2-3,10-11H2,1H3,(H,31,33)/t20-/m0/s1. The molecule has 0 spiro atoms. The van der Waals surface area contributed by atoms with Crippen molar-refractivity contribution < 1.29 is 36.0 Å². The maximum atomic E-state index is 14.2. The molecule has 1 heterocycles. The maximum absolute atomic E-state index is 14.2. The molecule has 0 saturated carbocycles. The smallest absolute Gasteiger partial charge is 0.374 e. The van der Waals surface area contributed by atoms with Crippen molar-refractivity contribution in [2.24, 2.45) is 5.16 Å². The SMILES string of the molecule is CCCC(=O)NCc1ccc(C2=NO[C@@](c3cc(Br)cc(C(F)(F)F)c3)(C(F)(F)F)C2)cc1Cl. The zero-order chi connectivity index (χ0) is 25.3.